The van der Waals surface area contributed by atoms with Crippen molar-refractivity contribution in [1.82, 2.24) is 9.80 Å². The molecule has 1 aliphatic heterocycles. The smallest absolute Gasteiger partial charge is 0.269 e. The van der Waals surface area contributed by atoms with E-state index in [0.29, 0.717) is 30.3 Å². The minimum Gasteiger partial charge on any atom is -0.336 e. The second-order valence-corrected chi connectivity index (χ2v) is 5.34. The second-order valence-electron chi connectivity index (χ2n) is 5.34. The van der Waals surface area contributed by atoms with Crippen molar-refractivity contribution >= 4 is 11.6 Å². The molecule has 1 fully saturated rings. The third kappa shape index (κ3) is 2.80. The van der Waals surface area contributed by atoms with Crippen LogP contribution in [0.4, 0.5) is 5.69 Å². The summed E-state index contributed by atoms with van der Waals surface area (Å²) in [5.41, 5.74) is 1.22. The van der Waals surface area contributed by atoms with E-state index >= 15 is 0 Å². The molecular weight excluding hydrogens is 258 g/mol. The van der Waals surface area contributed by atoms with Crippen LogP contribution in [-0.2, 0) is 0 Å². The van der Waals surface area contributed by atoms with Crippen molar-refractivity contribution in [1.29, 1.82) is 0 Å². The number of amides is 1. The normalized spacial score (nSPS) is 19.9. The first-order valence-corrected chi connectivity index (χ1v) is 6.64. The number of likely N-dealkylation sites (N-methyl/N-ethyl adjacent to an activating group) is 1. The molecule has 0 aromatic heterocycles. The highest BCUT2D eigenvalue weighted by Crippen LogP contribution is 2.20. The molecule has 1 saturated heterocycles. The maximum absolute atomic E-state index is 12.5. The van der Waals surface area contributed by atoms with Gasteiger partial charge in [0, 0.05) is 43.4 Å². The Hall–Kier alpha value is -1.95. The van der Waals surface area contributed by atoms with Gasteiger partial charge in [0.2, 0.25) is 0 Å². The van der Waals surface area contributed by atoms with Crippen LogP contribution in [0.3, 0.4) is 0 Å². The van der Waals surface area contributed by atoms with Gasteiger partial charge in [0.05, 0.1) is 4.92 Å². The van der Waals surface area contributed by atoms with Crippen molar-refractivity contribution < 1.29 is 9.72 Å². The number of benzene rings is 1. The summed E-state index contributed by atoms with van der Waals surface area (Å²) >= 11 is 0. The number of carbonyl (C=O) groups is 1. The molecule has 1 aliphatic rings. The van der Waals surface area contributed by atoms with Crippen LogP contribution in [-0.4, -0.2) is 53.4 Å². The van der Waals surface area contributed by atoms with E-state index in [1.54, 1.807) is 13.0 Å². The lowest BCUT2D eigenvalue weighted by Gasteiger charge is -2.37. The van der Waals surface area contributed by atoms with Gasteiger partial charge in [0.25, 0.3) is 11.6 Å². The highest BCUT2D eigenvalue weighted by atomic mass is 16.6. The molecule has 6 heteroatoms. The van der Waals surface area contributed by atoms with E-state index in [9.17, 15) is 14.9 Å². The summed E-state index contributed by atoms with van der Waals surface area (Å²) in [6, 6.07) is 4.72. The Morgan fingerprint density at radius 1 is 1.40 bits per heavy atom. The first kappa shape index (κ1) is 14.5. The Morgan fingerprint density at radius 3 is 2.65 bits per heavy atom. The van der Waals surface area contributed by atoms with Crippen LogP contribution >= 0.6 is 0 Å². The number of nitrogens with zero attached hydrogens (tertiary/aromatic N) is 3. The zero-order chi connectivity index (χ0) is 14.9. The zero-order valence-electron chi connectivity index (χ0n) is 12.0. The summed E-state index contributed by atoms with van der Waals surface area (Å²) < 4.78 is 0. The lowest BCUT2D eigenvalue weighted by molar-refractivity contribution is -0.384. The lowest BCUT2D eigenvalue weighted by atomic mass is 10.1. The highest BCUT2D eigenvalue weighted by Gasteiger charge is 2.26. The average molecular weight is 277 g/mol. The maximum atomic E-state index is 12.5. The van der Waals surface area contributed by atoms with Gasteiger partial charge in [-0.15, -0.1) is 0 Å². The van der Waals surface area contributed by atoms with E-state index < -0.39 is 4.92 Å². The first-order chi connectivity index (χ1) is 9.40. The Morgan fingerprint density at radius 2 is 2.10 bits per heavy atom. The topological polar surface area (TPSA) is 66.7 Å². The van der Waals surface area contributed by atoms with Crippen LogP contribution in [0.25, 0.3) is 0 Å². The fourth-order valence-corrected chi connectivity index (χ4v) is 2.40. The van der Waals surface area contributed by atoms with Gasteiger partial charge in [-0.1, -0.05) is 0 Å². The number of aryl methyl sites for hydroxylation is 1. The number of piperazine rings is 1. The average Bonchev–Trinajstić information content (AvgIpc) is 2.41. The molecule has 0 saturated carbocycles. The number of hydrogen-bond acceptors (Lipinski definition) is 4. The number of carbonyl (C=O) groups excluding carboxylic acids is 1. The third-order valence-electron chi connectivity index (χ3n) is 3.90. The van der Waals surface area contributed by atoms with Crippen molar-refractivity contribution in [3.8, 4) is 0 Å². The second kappa shape index (κ2) is 5.58. The maximum Gasteiger partial charge on any atom is 0.269 e. The van der Waals surface area contributed by atoms with Gasteiger partial charge in [-0.2, -0.15) is 0 Å². The number of rotatable bonds is 2. The van der Waals surface area contributed by atoms with Crippen molar-refractivity contribution in [3.63, 3.8) is 0 Å². The van der Waals surface area contributed by atoms with Gasteiger partial charge >= 0.3 is 0 Å². The predicted octanol–water partition coefficient (Wildman–Crippen LogP) is 1.68. The third-order valence-corrected chi connectivity index (χ3v) is 3.90. The molecule has 1 aromatic carbocycles. The van der Waals surface area contributed by atoms with Crippen LogP contribution in [0.15, 0.2) is 18.2 Å². The van der Waals surface area contributed by atoms with Crippen molar-refractivity contribution in [2.45, 2.75) is 19.9 Å². The molecule has 20 heavy (non-hydrogen) atoms. The van der Waals surface area contributed by atoms with Crippen LogP contribution in [0.2, 0.25) is 0 Å². The van der Waals surface area contributed by atoms with E-state index in [2.05, 4.69) is 11.8 Å². The quantitative estimate of drug-likeness (QED) is 0.609. The molecule has 6 nitrogen and oxygen atoms in total. The monoisotopic (exact) mass is 277 g/mol. The van der Waals surface area contributed by atoms with Gasteiger partial charge in [-0.25, -0.2) is 0 Å². The molecule has 0 unspecified atom stereocenters. The SMILES string of the molecule is Cc1cc([N+](=O)[O-])ccc1C(=O)N1CCN(C)[C@@H](C)C1. The Labute approximate surface area is 118 Å². The van der Waals surface area contributed by atoms with Crippen molar-refractivity contribution in [3.05, 3.63) is 39.4 Å². The molecule has 0 aliphatic carbocycles. The van der Waals surface area contributed by atoms with Gasteiger partial charge in [0.15, 0.2) is 0 Å². The van der Waals surface area contributed by atoms with Crippen molar-refractivity contribution in [2.24, 2.45) is 0 Å². The van der Waals surface area contributed by atoms with E-state index in [1.165, 1.54) is 12.1 Å². The predicted molar refractivity (Wildman–Crippen MR) is 75.8 cm³/mol. The van der Waals surface area contributed by atoms with E-state index in [4.69, 9.17) is 0 Å². The minimum absolute atomic E-state index is 0.0193. The van der Waals surface area contributed by atoms with Gasteiger partial charge < -0.3 is 9.80 Å². The Bertz CT molecular complexity index is 544. The van der Waals surface area contributed by atoms with Crippen LogP contribution in [0.5, 0.6) is 0 Å². The van der Waals surface area contributed by atoms with Gasteiger partial charge in [-0.3, -0.25) is 14.9 Å². The zero-order valence-corrected chi connectivity index (χ0v) is 12.0. The number of nitro groups is 1. The lowest BCUT2D eigenvalue weighted by Crippen LogP contribution is -2.52. The standard InChI is InChI=1S/C14H19N3O3/c1-10-8-12(17(19)20)4-5-13(10)14(18)16-7-6-15(3)11(2)9-16/h4-5,8,11H,6-7,9H2,1-3H3/t11-/m0/s1. The molecule has 0 N–H and O–H groups in total. The molecule has 1 amide bonds. The summed E-state index contributed by atoms with van der Waals surface area (Å²) in [6.07, 6.45) is 0. The molecule has 2 rings (SSSR count). The van der Waals surface area contributed by atoms with Gasteiger partial charge in [-0.05, 0) is 32.5 Å². The molecule has 0 bridgehead atoms. The summed E-state index contributed by atoms with van der Waals surface area (Å²) in [7, 11) is 2.05. The van der Waals surface area contributed by atoms with E-state index in [-0.39, 0.29) is 11.6 Å². The van der Waals surface area contributed by atoms with E-state index in [1.807, 2.05) is 11.9 Å². The van der Waals surface area contributed by atoms with Crippen LogP contribution in [0, 0.1) is 17.0 Å². The highest BCUT2D eigenvalue weighted by molar-refractivity contribution is 5.96. The Kier molecular flexibility index (Phi) is 4.04. The van der Waals surface area contributed by atoms with Crippen LogP contribution < -0.4 is 0 Å². The van der Waals surface area contributed by atoms with E-state index in [0.717, 1.165) is 6.54 Å². The number of non-ortho nitro benzene ring substituents is 1. The minimum atomic E-state index is -0.445. The molecular formula is C14H19N3O3. The Balaban J connectivity index is 2.19. The molecule has 0 spiro atoms. The van der Waals surface area contributed by atoms with Gasteiger partial charge in [0.1, 0.15) is 0 Å². The number of nitro benzene ring substituents is 1. The summed E-state index contributed by atoms with van der Waals surface area (Å²) in [5, 5.41) is 10.7. The fraction of sp³-hybridized carbons (Fsp3) is 0.500. The summed E-state index contributed by atoms with van der Waals surface area (Å²) in [4.78, 5) is 26.8. The molecule has 108 valence electrons. The molecule has 1 atom stereocenters. The molecule has 0 radical (unpaired) electrons. The first-order valence-electron chi connectivity index (χ1n) is 6.64. The molecule has 1 aromatic rings. The van der Waals surface area contributed by atoms with Crippen molar-refractivity contribution in [2.75, 3.05) is 26.7 Å². The number of hydrogen-bond donors (Lipinski definition) is 0. The van der Waals surface area contributed by atoms with Crippen LogP contribution in [0.1, 0.15) is 22.8 Å². The summed E-state index contributed by atoms with van der Waals surface area (Å²) in [6.45, 7) is 6.04. The summed E-state index contributed by atoms with van der Waals surface area (Å²) in [5.74, 6) is -0.0441. The largest absolute Gasteiger partial charge is 0.336 e. The fourth-order valence-electron chi connectivity index (χ4n) is 2.40. The molecule has 1 heterocycles.